The van der Waals surface area contributed by atoms with Crippen molar-refractivity contribution in [3.8, 4) is 0 Å². The number of carboxylic acid groups (broad SMARTS) is 2. The summed E-state index contributed by atoms with van der Waals surface area (Å²) >= 11 is 2.72. The van der Waals surface area contributed by atoms with Crippen LogP contribution in [0, 0.1) is 0 Å². The lowest BCUT2D eigenvalue weighted by Crippen LogP contribution is -2.27. The molecular formula is C22H35NO5S2. The Labute approximate surface area is 188 Å². The lowest BCUT2D eigenvalue weighted by molar-refractivity contribution is -0.146. The maximum Gasteiger partial charge on any atom is 0.334 e. The highest BCUT2D eigenvalue weighted by Crippen LogP contribution is 2.37. The Hall–Kier alpha value is -1.25. The van der Waals surface area contributed by atoms with Crippen LogP contribution in [0.4, 0.5) is 0 Å². The van der Waals surface area contributed by atoms with Crippen molar-refractivity contribution in [2.24, 2.45) is 0 Å². The maximum absolute atomic E-state index is 11.4. The molecule has 1 aromatic rings. The van der Waals surface area contributed by atoms with Crippen LogP contribution in [0.5, 0.6) is 0 Å². The van der Waals surface area contributed by atoms with Crippen molar-refractivity contribution in [3.63, 3.8) is 0 Å². The molecule has 0 aliphatic heterocycles. The van der Waals surface area contributed by atoms with Crippen LogP contribution in [0.2, 0.25) is 0 Å². The molecule has 0 aliphatic rings. The minimum absolute atomic E-state index is 0.0886. The summed E-state index contributed by atoms with van der Waals surface area (Å²) < 4.78 is 0. The summed E-state index contributed by atoms with van der Waals surface area (Å²) in [6.07, 6.45) is 11.3. The van der Waals surface area contributed by atoms with Gasteiger partial charge in [-0.05, 0) is 18.2 Å². The Bertz CT molecular complexity index is 629. The van der Waals surface area contributed by atoms with Gasteiger partial charge in [-0.3, -0.25) is 4.79 Å². The van der Waals surface area contributed by atoms with Crippen molar-refractivity contribution in [2.75, 3.05) is 11.5 Å². The van der Waals surface area contributed by atoms with Crippen molar-refractivity contribution in [3.05, 3.63) is 23.9 Å². The van der Waals surface area contributed by atoms with Crippen LogP contribution < -0.4 is 0 Å². The van der Waals surface area contributed by atoms with E-state index in [2.05, 4.69) is 11.9 Å². The van der Waals surface area contributed by atoms with E-state index in [1.165, 1.54) is 44.9 Å². The van der Waals surface area contributed by atoms with Gasteiger partial charge >= 0.3 is 11.9 Å². The first-order valence-electron chi connectivity index (χ1n) is 10.8. The summed E-state index contributed by atoms with van der Waals surface area (Å²) in [5, 5.41) is 28.3. The number of hydrogen-bond donors (Lipinski definition) is 3. The van der Waals surface area contributed by atoms with Crippen molar-refractivity contribution in [1.29, 1.82) is 0 Å². The molecule has 0 fully saturated rings. The zero-order chi connectivity index (χ0) is 22.2. The summed E-state index contributed by atoms with van der Waals surface area (Å²) in [7, 11) is 0. The third-order valence-corrected chi connectivity index (χ3v) is 7.16. The lowest BCUT2D eigenvalue weighted by atomic mass is 10.1. The molecule has 0 aromatic carbocycles. The Morgan fingerprint density at radius 3 is 2.23 bits per heavy atom. The molecule has 0 aliphatic carbocycles. The number of aliphatic carboxylic acids is 2. The maximum atomic E-state index is 11.4. The summed E-state index contributed by atoms with van der Waals surface area (Å²) in [6.45, 7) is 2.23. The number of nitrogens with zero attached hydrogens (tertiary/aromatic N) is 1. The van der Waals surface area contributed by atoms with E-state index in [1.807, 2.05) is 0 Å². The first kappa shape index (κ1) is 26.8. The number of carbonyl (C=O) groups is 2. The second-order valence-corrected chi connectivity index (χ2v) is 9.63. The van der Waals surface area contributed by atoms with Gasteiger partial charge in [0, 0.05) is 17.5 Å². The number of hydrogen-bond acceptors (Lipinski definition) is 6. The van der Waals surface area contributed by atoms with Crippen LogP contribution in [0.25, 0.3) is 0 Å². The van der Waals surface area contributed by atoms with E-state index in [4.69, 9.17) is 5.11 Å². The van der Waals surface area contributed by atoms with Crippen LogP contribution >= 0.6 is 23.5 Å². The van der Waals surface area contributed by atoms with Gasteiger partial charge in [0.05, 0.1) is 11.7 Å². The number of aromatic nitrogens is 1. The monoisotopic (exact) mass is 457 g/mol. The van der Waals surface area contributed by atoms with Gasteiger partial charge in [-0.25, -0.2) is 9.78 Å². The van der Waals surface area contributed by atoms with Crippen molar-refractivity contribution in [2.45, 2.75) is 87.5 Å². The number of rotatable bonds is 18. The van der Waals surface area contributed by atoms with Gasteiger partial charge < -0.3 is 15.3 Å². The number of aliphatic hydroxyl groups is 1. The summed E-state index contributed by atoms with van der Waals surface area (Å²) in [4.78, 5) is 26.5. The topological polar surface area (TPSA) is 108 Å². The normalized spacial score (nSPS) is 13.1. The molecule has 2 atom stereocenters. The number of pyridine rings is 1. The van der Waals surface area contributed by atoms with Gasteiger partial charge in [-0.15, -0.1) is 23.5 Å². The van der Waals surface area contributed by atoms with E-state index in [0.29, 0.717) is 10.6 Å². The predicted molar refractivity (Wildman–Crippen MR) is 123 cm³/mol. The van der Waals surface area contributed by atoms with Gasteiger partial charge in [0.25, 0.3) is 0 Å². The Morgan fingerprint density at radius 2 is 1.63 bits per heavy atom. The van der Waals surface area contributed by atoms with E-state index >= 15 is 0 Å². The van der Waals surface area contributed by atoms with Gasteiger partial charge in [0.1, 0.15) is 5.03 Å². The van der Waals surface area contributed by atoms with E-state index in [0.717, 1.165) is 30.4 Å². The molecule has 30 heavy (non-hydrogen) atoms. The van der Waals surface area contributed by atoms with E-state index < -0.39 is 23.3 Å². The Balaban J connectivity index is 2.53. The number of carboxylic acids is 2. The van der Waals surface area contributed by atoms with E-state index in [-0.39, 0.29) is 12.2 Å². The molecule has 2 unspecified atom stereocenters. The van der Waals surface area contributed by atoms with Gasteiger partial charge in [0.15, 0.2) is 6.10 Å². The highest BCUT2D eigenvalue weighted by Gasteiger charge is 2.30. The molecule has 0 amide bonds. The summed E-state index contributed by atoms with van der Waals surface area (Å²) in [6, 6.07) is 3.49. The van der Waals surface area contributed by atoms with Crippen LogP contribution in [0.3, 0.4) is 0 Å². The minimum atomic E-state index is -1.61. The molecule has 1 aromatic heterocycles. The average molecular weight is 458 g/mol. The molecule has 0 saturated carbocycles. The first-order valence-corrected chi connectivity index (χ1v) is 12.8. The molecule has 0 saturated heterocycles. The predicted octanol–water partition coefficient (Wildman–Crippen LogP) is 5.40. The van der Waals surface area contributed by atoms with Crippen molar-refractivity contribution in [1.82, 2.24) is 4.98 Å². The summed E-state index contributed by atoms with van der Waals surface area (Å²) in [5.41, 5.74) is 0.656. The molecule has 0 radical (unpaired) electrons. The smallest absolute Gasteiger partial charge is 0.334 e. The minimum Gasteiger partial charge on any atom is -0.481 e. The Kier molecular flexibility index (Phi) is 14.7. The molecule has 1 heterocycles. The lowest BCUT2D eigenvalue weighted by Gasteiger charge is -2.21. The second kappa shape index (κ2) is 16.4. The molecule has 6 nitrogen and oxygen atoms in total. The van der Waals surface area contributed by atoms with E-state index in [9.17, 15) is 19.8 Å². The van der Waals surface area contributed by atoms with Crippen LogP contribution in [-0.4, -0.2) is 49.9 Å². The quantitative estimate of drug-likeness (QED) is 0.199. The van der Waals surface area contributed by atoms with E-state index in [1.54, 1.807) is 30.1 Å². The van der Waals surface area contributed by atoms with Gasteiger partial charge in [-0.2, -0.15) is 0 Å². The largest absolute Gasteiger partial charge is 0.481 e. The second-order valence-electron chi connectivity index (χ2n) is 7.29. The fourth-order valence-corrected chi connectivity index (χ4v) is 5.40. The number of thioether (sulfide) groups is 2. The highest BCUT2D eigenvalue weighted by atomic mass is 32.2. The summed E-state index contributed by atoms with van der Waals surface area (Å²) in [5.74, 6) is -1.16. The van der Waals surface area contributed by atoms with Gasteiger partial charge in [0.2, 0.25) is 0 Å². The molecular weight excluding hydrogens is 422 g/mol. The third-order valence-electron chi connectivity index (χ3n) is 4.75. The standard InChI is InChI=1S/C22H35NO5S2/c1-2-3-4-5-6-7-8-9-10-15-30-21-17(12-11-14-23-21)20(19(26)22(27)28)29-16-13-18(24)25/h11-12,14,19-20,26H,2-10,13,15-16H2,1H3,(H,24,25)(H,27,28). The molecule has 170 valence electrons. The van der Waals surface area contributed by atoms with Crippen LogP contribution in [0.1, 0.15) is 81.9 Å². The van der Waals surface area contributed by atoms with Crippen molar-refractivity contribution < 1.29 is 24.9 Å². The van der Waals surface area contributed by atoms with Gasteiger partial charge in [-0.1, -0.05) is 64.4 Å². The molecule has 1 rings (SSSR count). The molecule has 8 heteroatoms. The first-order chi connectivity index (χ1) is 14.5. The highest BCUT2D eigenvalue weighted by molar-refractivity contribution is 8.00. The molecule has 3 N–H and O–H groups in total. The van der Waals surface area contributed by atoms with Crippen LogP contribution in [0.15, 0.2) is 23.4 Å². The third kappa shape index (κ3) is 11.2. The SMILES string of the molecule is CCCCCCCCCCCSc1ncccc1C(SCCC(=O)O)C(O)C(=O)O. The zero-order valence-corrected chi connectivity index (χ0v) is 19.4. The van der Waals surface area contributed by atoms with Crippen LogP contribution in [-0.2, 0) is 9.59 Å². The van der Waals surface area contributed by atoms with Crippen molar-refractivity contribution >= 4 is 35.5 Å². The number of unbranched alkanes of at least 4 members (excludes halogenated alkanes) is 8. The molecule has 0 bridgehead atoms. The zero-order valence-electron chi connectivity index (χ0n) is 17.8. The fourth-order valence-electron chi connectivity index (χ4n) is 3.08. The number of aliphatic hydroxyl groups excluding tert-OH is 1. The molecule has 0 spiro atoms. The fraction of sp³-hybridized carbons (Fsp3) is 0.682. The average Bonchev–Trinajstić information content (AvgIpc) is 2.72. The Morgan fingerprint density at radius 1 is 1.00 bits per heavy atom.